The van der Waals surface area contributed by atoms with Crippen molar-refractivity contribution in [1.29, 1.82) is 0 Å². The van der Waals surface area contributed by atoms with Crippen molar-refractivity contribution in [3.05, 3.63) is 58.5 Å². The monoisotopic (exact) mass is 378 g/mol. The van der Waals surface area contributed by atoms with Crippen molar-refractivity contribution in [3.8, 4) is 0 Å². The van der Waals surface area contributed by atoms with Crippen LogP contribution in [0.2, 0.25) is 0 Å². The van der Waals surface area contributed by atoms with Gasteiger partial charge in [0.2, 0.25) is 0 Å². The molecule has 1 aromatic carbocycles. The highest BCUT2D eigenvalue weighted by molar-refractivity contribution is 6.21. The molecule has 0 radical (unpaired) electrons. The first-order chi connectivity index (χ1) is 13.4. The van der Waals surface area contributed by atoms with Gasteiger partial charge in [0.05, 0.1) is 17.7 Å². The average Bonchev–Trinajstić information content (AvgIpc) is 3.61. The minimum Gasteiger partial charge on any atom is -0.464 e. The van der Waals surface area contributed by atoms with E-state index in [1.54, 1.807) is 18.2 Å². The van der Waals surface area contributed by atoms with Crippen molar-refractivity contribution in [3.63, 3.8) is 0 Å². The van der Waals surface area contributed by atoms with Crippen LogP contribution in [0, 0.1) is 5.92 Å². The van der Waals surface area contributed by atoms with Crippen molar-refractivity contribution in [2.45, 2.75) is 44.7 Å². The van der Waals surface area contributed by atoms with Gasteiger partial charge >= 0.3 is 0 Å². The highest BCUT2D eigenvalue weighted by Gasteiger charge is 2.38. The Bertz CT molecular complexity index is 1000. The highest BCUT2D eigenvalue weighted by atomic mass is 16.3. The highest BCUT2D eigenvalue weighted by Crippen LogP contribution is 2.47. The molecule has 3 aliphatic rings. The summed E-state index contributed by atoms with van der Waals surface area (Å²) in [7, 11) is 1.46. The molecular formula is C22H22N2O4. The quantitative estimate of drug-likeness (QED) is 0.748. The third-order valence-electron chi connectivity index (χ3n) is 6.07. The van der Waals surface area contributed by atoms with E-state index in [4.69, 9.17) is 4.42 Å². The second-order valence-corrected chi connectivity index (χ2v) is 8.22. The van der Waals surface area contributed by atoms with Gasteiger partial charge in [0.15, 0.2) is 0 Å². The molecular weight excluding hydrogens is 356 g/mol. The van der Waals surface area contributed by atoms with Crippen LogP contribution in [-0.4, -0.2) is 40.6 Å². The molecule has 6 heteroatoms. The van der Waals surface area contributed by atoms with Crippen LogP contribution in [0.3, 0.4) is 0 Å². The summed E-state index contributed by atoms with van der Waals surface area (Å²) in [6, 6.07) is 8.96. The summed E-state index contributed by atoms with van der Waals surface area (Å²) in [5.41, 5.74) is 1.10. The molecule has 0 spiro atoms. The molecule has 0 bridgehead atoms. The molecule has 28 heavy (non-hydrogen) atoms. The largest absolute Gasteiger partial charge is 0.464 e. The summed E-state index contributed by atoms with van der Waals surface area (Å²) >= 11 is 0. The SMILES string of the molecule is CC1CC1c1ccc(CN(C(=O)c2ccc3c(c2)C(=O)N(C)C3=O)C2CC2)o1. The van der Waals surface area contributed by atoms with E-state index >= 15 is 0 Å². The molecule has 2 fully saturated rings. The van der Waals surface area contributed by atoms with Gasteiger partial charge in [-0.25, -0.2) is 0 Å². The van der Waals surface area contributed by atoms with E-state index < -0.39 is 0 Å². The van der Waals surface area contributed by atoms with E-state index in [-0.39, 0.29) is 23.8 Å². The summed E-state index contributed by atoms with van der Waals surface area (Å²) in [5, 5.41) is 0. The predicted molar refractivity (Wildman–Crippen MR) is 101 cm³/mol. The molecule has 144 valence electrons. The third-order valence-corrected chi connectivity index (χ3v) is 6.07. The molecule has 6 nitrogen and oxygen atoms in total. The maximum absolute atomic E-state index is 13.2. The number of carbonyl (C=O) groups excluding carboxylic acids is 3. The van der Waals surface area contributed by atoms with Gasteiger partial charge in [-0.1, -0.05) is 6.92 Å². The van der Waals surface area contributed by atoms with Crippen LogP contribution in [0.1, 0.15) is 74.7 Å². The van der Waals surface area contributed by atoms with Crippen molar-refractivity contribution in [1.82, 2.24) is 9.80 Å². The molecule has 2 unspecified atom stereocenters. The van der Waals surface area contributed by atoms with Crippen LogP contribution >= 0.6 is 0 Å². The fourth-order valence-corrected chi connectivity index (χ4v) is 3.98. The van der Waals surface area contributed by atoms with E-state index in [0.717, 1.165) is 35.7 Å². The van der Waals surface area contributed by atoms with Crippen molar-refractivity contribution < 1.29 is 18.8 Å². The van der Waals surface area contributed by atoms with Gasteiger partial charge in [0.1, 0.15) is 11.5 Å². The first-order valence-corrected chi connectivity index (χ1v) is 9.80. The van der Waals surface area contributed by atoms with Crippen molar-refractivity contribution in [2.75, 3.05) is 7.05 Å². The Morgan fingerprint density at radius 2 is 1.86 bits per heavy atom. The number of carbonyl (C=O) groups is 3. The number of fused-ring (bicyclic) bond motifs is 1. The fraction of sp³-hybridized carbons (Fsp3) is 0.409. The summed E-state index contributed by atoms with van der Waals surface area (Å²) in [6.07, 6.45) is 3.11. The normalized spacial score (nSPS) is 23.1. The van der Waals surface area contributed by atoms with E-state index in [0.29, 0.717) is 35.1 Å². The number of benzene rings is 1. The molecule has 3 amide bonds. The van der Waals surface area contributed by atoms with Gasteiger partial charge in [0, 0.05) is 24.6 Å². The summed E-state index contributed by atoms with van der Waals surface area (Å²) in [5.74, 6) is 2.17. The molecule has 2 aliphatic carbocycles. The summed E-state index contributed by atoms with van der Waals surface area (Å²) < 4.78 is 5.99. The van der Waals surface area contributed by atoms with Crippen LogP contribution in [-0.2, 0) is 6.54 Å². The maximum atomic E-state index is 13.2. The van der Waals surface area contributed by atoms with E-state index in [1.165, 1.54) is 7.05 Å². The smallest absolute Gasteiger partial charge is 0.261 e. The summed E-state index contributed by atoms with van der Waals surface area (Å²) in [6.45, 7) is 2.64. The second kappa shape index (κ2) is 6.06. The molecule has 5 rings (SSSR count). The van der Waals surface area contributed by atoms with E-state index in [1.807, 2.05) is 17.0 Å². The van der Waals surface area contributed by atoms with Gasteiger partial charge < -0.3 is 9.32 Å². The fourth-order valence-electron chi connectivity index (χ4n) is 3.98. The molecule has 2 atom stereocenters. The molecule has 0 N–H and O–H groups in total. The lowest BCUT2D eigenvalue weighted by atomic mass is 10.0. The Labute approximate surface area is 163 Å². The Balaban J connectivity index is 1.39. The minimum absolute atomic E-state index is 0.127. The Morgan fingerprint density at radius 1 is 1.14 bits per heavy atom. The summed E-state index contributed by atoms with van der Waals surface area (Å²) in [4.78, 5) is 40.4. The van der Waals surface area contributed by atoms with Crippen LogP contribution in [0.25, 0.3) is 0 Å². The molecule has 2 aromatic rings. The number of hydrogen-bond acceptors (Lipinski definition) is 4. The lowest BCUT2D eigenvalue weighted by Gasteiger charge is -2.21. The number of rotatable bonds is 5. The van der Waals surface area contributed by atoms with E-state index in [9.17, 15) is 14.4 Å². The molecule has 0 saturated heterocycles. The number of nitrogens with zero attached hydrogens (tertiary/aromatic N) is 2. The van der Waals surface area contributed by atoms with Crippen LogP contribution in [0.15, 0.2) is 34.7 Å². The second-order valence-electron chi connectivity index (χ2n) is 8.22. The Hall–Kier alpha value is -2.89. The van der Waals surface area contributed by atoms with Gasteiger partial charge in [-0.2, -0.15) is 0 Å². The molecule has 1 aromatic heterocycles. The lowest BCUT2D eigenvalue weighted by molar-refractivity contribution is 0.0691. The molecule has 2 heterocycles. The zero-order valence-electron chi connectivity index (χ0n) is 16.0. The Morgan fingerprint density at radius 3 is 2.54 bits per heavy atom. The minimum atomic E-state index is -0.359. The molecule has 1 aliphatic heterocycles. The predicted octanol–water partition coefficient (Wildman–Crippen LogP) is 3.43. The lowest BCUT2D eigenvalue weighted by Crippen LogP contribution is -2.32. The number of amides is 3. The van der Waals surface area contributed by atoms with Gasteiger partial charge in [-0.15, -0.1) is 0 Å². The van der Waals surface area contributed by atoms with Gasteiger partial charge in [0.25, 0.3) is 17.7 Å². The van der Waals surface area contributed by atoms with Crippen LogP contribution < -0.4 is 0 Å². The van der Waals surface area contributed by atoms with Crippen molar-refractivity contribution in [2.24, 2.45) is 5.92 Å². The van der Waals surface area contributed by atoms with Gasteiger partial charge in [-0.3, -0.25) is 19.3 Å². The number of hydrogen-bond donors (Lipinski definition) is 0. The maximum Gasteiger partial charge on any atom is 0.261 e. The van der Waals surface area contributed by atoms with Crippen molar-refractivity contribution >= 4 is 17.7 Å². The molecule has 2 saturated carbocycles. The zero-order valence-corrected chi connectivity index (χ0v) is 16.0. The first-order valence-electron chi connectivity index (χ1n) is 9.80. The topological polar surface area (TPSA) is 70.8 Å². The van der Waals surface area contributed by atoms with E-state index in [2.05, 4.69) is 6.92 Å². The standard InChI is InChI=1S/C22H22N2O4/c1-12-9-17(12)19-8-6-15(28-19)11-24(14-4-5-14)20(25)13-3-7-16-18(10-13)22(27)23(2)21(16)26/h3,6-8,10,12,14,17H,4-5,9,11H2,1-2H3. The number of furan rings is 1. The average molecular weight is 378 g/mol. The van der Waals surface area contributed by atoms with Crippen LogP contribution in [0.5, 0.6) is 0 Å². The van der Waals surface area contributed by atoms with Crippen LogP contribution in [0.4, 0.5) is 0 Å². The first kappa shape index (κ1) is 17.2. The Kier molecular flexibility index (Phi) is 3.73. The third kappa shape index (κ3) is 2.75. The number of imide groups is 1. The zero-order chi connectivity index (χ0) is 19.6. The van der Waals surface area contributed by atoms with Gasteiger partial charge in [-0.05, 0) is 55.5 Å².